The molecule has 0 atom stereocenters. The van der Waals surface area contributed by atoms with Crippen molar-refractivity contribution in [2.45, 2.75) is 19.3 Å². The lowest BCUT2D eigenvalue weighted by molar-refractivity contribution is -0.119. The Labute approximate surface area is 90.1 Å². The second-order valence-corrected chi connectivity index (χ2v) is 3.11. The van der Waals surface area contributed by atoms with Crippen molar-refractivity contribution in [2.75, 3.05) is 19.6 Å². The van der Waals surface area contributed by atoms with Crippen LogP contribution in [0.25, 0.3) is 0 Å². The first kappa shape index (κ1) is 13.6. The summed E-state index contributed by atoms with van der Waals surface area (Å²) in [6.45, 7) is 4.68. The van der Waals surface area contributed by atoms with E-state index in [1.54, 1.807) is 0 Å². The van der Waals surface area contributed by atoms with Gasteiger partial charge in [0.05, 0.1) is 6.54 Å². The van der Waals surface area contributed by atoms with E-state index >= 15 is 0 Å². The van der Waals surface area contributed by atoms with Gasteiger partial charge in [0.1, 0.15) is 0 Å². The molecule has 0 heterocycles. The van der Waals surface area contributed by atoms with Gasteiger partial charge in [-0.2, -0.15) is 0 Å². The summed E-state index contributed by atoms with van der Waals surface area (Å²) in [6, 6.07) is 0. The highest BCUT2D eigenvalue weighted by Crippen LogP contribution is 1.92. The maximum Gasteiger partial charge on any atom is 0.243 e. The smallest absolute Gasteiger partial charge is 0.243 e. The van der Waals surface area contributed by atoms with Crippen LogP contribution >= 0.6 is 0 Å². The molecule has 0 radical (unpaired) electrons. The van der Waals surface area contributed by atoms with E-state index in [0.29, 0.717) is 13.1 Å². The van der Waals surface area contributed by atoms with Crippen molar-refractivity contribution in [3.63, 3.8) is 0 Å². The van der Waals surface area contributed by atoms with Crippen molar-refractivity contribution >= 4 is 11.8 Å². The van der Waals surface area contributed by atoms with Crippen LogP contribution in [-0.2, 0) is 9.59 Å². The van der Waals surface area contributed by atoms with Gasteiger partial charge in [0.25, 0.3) is 0 Å². The Bertz CT molecular complexity index is 217. The zero-order valence-corrected chi connectivity index (χ0v) is 8.92. The average molecular weight is 213 g/mol. The maximum absolute atomic E-state index is 10.7. The lowest BCUT2D eigenvalue weighted by Gasteiger charge is -2.04. The summed E-state index contributed by atoms with van der Waals surface area (Å²) in [5, 5.41) is 5.35. The van der Waals surface area contributed by atoms with Gasteiger partial charge in [-0.25, -0.2) is 0 Å². The minimum absolute atomic E-state index is 0.0371. The van der Waals surface area contributed by atoms with Crippen LogP contribution in [0.2, 0.25) is 0 Å². The molecule has 0 unspecified atom stereocenters. The average Bonchev–Trinajstić information content (AvgIpc) is 2.26. The highest BCUT2D eigenvalue weighted by atomic mass is 16.2. The summed E-state index contributed by atoms with van der Waals surface area (Å²) in [6.07, 6.45) is 4.01. The van der Waals surface area contributed by atoms with E-state index in [0.717, 1.165) is 19.3 Å². The SMILES string of the molecule is C=CC(=O)NCCCCCNC(=O)CN. The van der Waals surface area contributed by atoms with Gasteiger partial charge >= 0.3 is 0 Å². The van der Waals surface area contributed by atoms with E-state index in [-0.39, 0.29) is 18.4 Å². The number of nitrogens with two attached hydrogens (primary N) is 1. The molecule has 0 aliphatic heterocycles. The first-order valence-corrected chi connectivity index (χ1v) is 5.07. The van der Waals surface area contributed by atoms with Crippen molar-refractivity contribution in [1.29, 1.82) is 0 Å². The second-order valence-electron chi connectivity index (χ2n) is 3.11. The molecule has 2 amide bonds. The summed E-state index contributed by atoms with van der Waals surface area (Å²) in [7, 11) is 0. The minimum Gasteiger partial charge on any atom is -0.355 e. The Hall–Kier alpha value is -1.36. The summed E-state index contributed by atoms with van der Waals surface area (Å²) >= 11 is 0. The van der Waals surface area contributed by atoms with Crippen LogP contribution in [0.4, 0.5) is 0 Å². The molecule has 15 heavy (non-hydrogen) atoms. The minimum atomic E-state index is -0.147. The largest absolute Gasteiger partial charge is 0.355 e. The molecule has 0 saturated heterocycles. The molecule has 86 valence electrons. The predicted molar refractivity (Wildman–Crippen MR) is 59.1 cm³/mol. The number of hydrogen-bond acceptors (Lipinski definition) is 3. The highest BCUT2D eigenvalue weighted by molar-refractivity contribution is 5.86. The van der Waals surface area contributed by atoms with Crippen LogP contribution in [-0.4, -0.2) is 31.4 Å². The molecule has 4 N–H and O–H groups in total. The monoisotopic (exact) mass is 213 g/mol. The van der Waals surface area contributed by atoms with Gasteiger partial charge in [-0.1, -0.05) is 6.58 Å². The molecule has 0 aliphatic carbocycles. The van der Waals surface area contributed by atoms with E-state index < -0.39 is 0 Å². The van der Waals surface area contributed by atoms with Gasteiger partial charge in [-0.15, -0.1) is 0 Å². The molecule has 0 rings (SSSR count). The fourth-order valence-corrected chi connectivity index (χ4v) is 1.01. The number of hydrogen-bond donors (Lipinski definition) is 3. The molecule has 5 heteroatoms. The summed E-state index contributed by atoms with van der Waals surface area (Å²) in [4.78, 5) is 21.5. The molecular formula is C10H19N3O2. The second kappa shape index (κ2) is 9.21. The van der Waals surface area contributed by atoms with Gasteiger partial charge in [-0.05, 0) is 25.3 Å². The van der Waals surface area contributed by atoms with Crippen molar-refractivity contribution < 1.29 is 9.59 Å². The molecule has 0 spiro atoms. The summed E-state index contributed by atoms with van der Waals surface area (Å²) in [5.41, 5.74) is 5.11. The van der Waals surface area contributed by atoms with E-state index in [1.807, 2.05) is 0 Å². The Morgan fingerprint density at radius 2 is 1.73 bits per heavy atom. The first-order chi connectivity index (χ1) is 7.20. The number of carbonyl (C=O) groups excluding carboxylic acids is 2. The van der Waals surface area contributed by atoms with Gasteiger partial charge in [0.2, 0.25) is 11.8 Å². The molecule has 0 fully saturated rings. The summed E-state index contributed by atoms with van der Waals surface area (Å²) in [5.74, 6) is -0.276. The molecule has 0 saturated carbocycles. The van der Waals surface area contributed by atoms with E-state index in [4.69, 9.17) is 5.73 Å². The number of amides is 2. The number of rotatable bonds is 8. The lowest BCUT2D eigenvalue weighted by atomic mass is 10.2. The van der Waals surface area contributed by atoms with E-state index in [2.05, 4.69) is 17.2 Å². The van der Waals surface area contributed by atoms with Crippen molar-refractivity contribution in [2.24, 2.45) is 5.73 Å². The third-order valence-electron chi connectivity index (χ3n) is 1.85. The quantitative estimate of drug-likeness (QED) is 0.376. The van der Waals surface area contributed by atoms with Crippen molar-refractivity contribution in [3.8, 4) is 0 Å². The van der Waals surface area contributed by atoms with Crippen molar-refractivity contribution in [3.05, 3.63) is 12.7 Å². The van der Waals surface area contributed by atoms with Crippen LogP contribution in [0, 0.1) is 0 Å². The van der Waals surface area contributed by atoms with E-state index in [1.165, 1.54) is 6.08 Å². The molecular weight excluding hydrogens is 194 g/mol. The van der Waals surface area contributed by atoms with Crippen LogP contribution in [0.5, 0.6) is 0 Å². The van der Waals surface area contributed by atoms with Crippen LogP contribution in [0.3, 0.4) is 0 Å². The fraction of sp³-hybridized carbons (Fsp3) is 0.600. The Balaban J connectivity index is 3.15. The third-order valence-corrected chi connectivity index (χ3v) is 1.85. The summed E-state index contributed by atoms with van der Waals surface area (Å²) < 4.78 is 0. The normalized spacial score (nSPS) is 9.40. The number of carbonyl (C=O) groups is 2. The third kappa shape index (κ3) is 8.96. The van der Waals surface area contributed by atoms with E-state index in [9.17, 15) is 9.59 Å². The van der Waals surface area contributed by atoms with Crippen molar-refractivity contribution in [1.82, 2.24) is 10.6 Å². The Kier molecular flexibility index (Phi) is 8.37. The van der Waals surface area contributed by atoms with Gasteiger partial charge in [0.15, 0.2) is 0 Å². The predicted octanol–water partition coefficient (Wildman–Crippen LogP) is -0.466. The molecule has 0 aromatic carbocycles. The topological polar surface area (TPSA) is 84.2 Å². The van der Waals surface area contributed by atoms with Crippen LogP contribution in [0.15, 0.2) is 12.7 Å². The fourth-order valence-electron chi connectivity index (χ4n) is 1.01. The first-order valence-electron chi connectivity index (χ1n) is 5.07. The van der Waals surface area contributed by atoms with Crippen LogP contribution < -0.4 is 16.4 Å². The lowest BCUT2D eigenvalue weighted by Crippen LogP contribution is -2.31. The zero-order chi connectivity index (χ0) is 11.5. The highest BCUT2D eigenvalue weighted by Gasteiger charge is 1.96. The van der Waals surface area contributed by atoms with Gasteiger partial charge in [0, 0.05) is 13.1 Å². The van der Waals surface area contributed by atoms with Crippen LogP contribution in [0.1, 0.15) is 19.3 Å². The molecule has 0 aliphatic rings. The number of unbranched alkanes of at least 4 members (excludes halogenated alkanes) is 2. The maximum atomic E-state index is 10.7. The molecule has 0 aromatic rings. The zero-order valence-electron chi connectivity index (χ0n) is 8.92. The molecule has 5 nitrogen and oxygen atoms in total. The molecule has 0 bridgehead atoms. The van der Waals surface area contributed by atoms with Gasteiger partial charge < -0.3 is 16.4 Å². The molecule has 0 aromatic heterocycles. The standard InChI is InChI=1S/C10H19N3O2/c1-2-9(14)12-6-4-3-5-7-13-10(15)8-11/h2H,1,3-8,11H2,(H,12,14)(H,13,15). The van der Waals surface area contributed by atoms with Gasteiger partial charge in [-0.3, -0.25) is 9.59 Å². The number of nitrogens with one attached hydrogen (secondary N) is 2. The Morgan fingerprint density at radius 1 is 1.13 bits per heavy atom. The Morgan fingerprint density at radius 3 is 2.27 bits per heavy atom.